The molecule has 0 fully saturated rings. The number of amides is 2. The second-order valence-electron chi connectivity index (χ2n) is 8.84. The number of anilines is 1. The van der Waals surface area contributed by atoms with Crippen LogP contribution in [0.15, 0.2) is 42.5 Å². The number of nitrogens with one attached hydrogen (secondary N) is 1. The Morgan fingerprint density at radius 2 is 1.73 bits per heavy atom. The van der Waals surface area contributed by atoms with E-state index >= 15 is 0 Å². The van der Waals surface area contributed by atoms with Crippen molar-refractivity contribution in [2.24, 2.45) is 0 Å². The van der Waals surface area contributed by atoms with Gasteiger partial charge in [0.15, 0.2) is 11.5 Å². The van der Waals surface area contributed by atoms with Gasteiger partial charge in [-0.1, -0.05) is 36.7 Å². The summed E-state index contributed by atoms with van der Waals surface area (Å²) >= 11 is 6.36. The van der Waals surface area contributed by atoms with Gasteiger partial charge in [0.25, 0.3) is 0 Å². The lowest BCUT2D eigenvalue weighted by Crippen LogP contribution is -2.52. The Labute approximate surface area is 223 Å². The highest BCUT2D eigenvalue weighted by atomic mass is 35.5. The summed E-state index contributed by atoms with van der Waals surface area (Å²) in [6.07, 6.45) is 0.726. The van der Waals surface area contributed by atoms with Gasteiger partial charge in [0, 0.05) is 23.7 Å². The van der Waals surface area contributed by atoms with E-state index < -0.39 is 28.5 Å². The molecule has 202 valence electrons. The van der Waals surface area contributed by atoms with Crippen LogP contribution in [0.3, 0.4) is 0 Å². The maximum atomic E-state index is 13.7. The number of rotatable bonds is 11. The molecule has 0 saturated carbocycles. The summed E-state index contributed by atoms with van der Waals surface area (Å²) in [5, 5.41) is 3.34. The van der Waals surface area contributed by atoms with Gasteiger partial charge in [-0.05, 0) is 51.0 Å². The van der Waals surface area contributed by atoms with E-state index in [0.717, 1.165) is 10.7 Å². The summed E-state index contributed by atoms with van der Waals surface area (Å²) in [5.74, 6) is -0.186. The van der Waals surface area contributed by atoms with Crippen molar-refractivity contribution in [2.75, 3.05) is 29.8 Å². The van der Waals surface area contributed by atoms with E-state index in [-0.39, 0.29) is 29.9 Å². The first-order valence-corrected chi connectivity index (χ1v) is 14.3. The second kappa shape index (κ2) is 12.5. The molecule has 1 heterocycles. The van der Waals surface area contributed by atoms with Crippen LogP contribution in [-0.4, -0.2) is 62.7 Å². The third-order valence-corrected chi connectivity index (χ3v) is 8.37. The summed E-state index contributed by atoms with van der Waals surface area (Å²) in [6.45, 7) is 7.23. The largest absolute Gasteiger partial charge is 0.486 e. The maximum absolute atomic E-state index is 13.7. The Morgan fingerprint density at radius 3 is 2.38 bits per heavy atom. The zero-order valence-corrected chi connectivity index (χ0v) is 23.1. The minimum absolute atomic E-state index is 0.0365. The van der Waals surface area contributed by atoms with Crippen LogP contribution >= 0.6 is 11.6 Å². The average Bonchev–Trinajstić information content (AvgIpc) is 2.90. The van der Waals surface area contributed by atoms with Crippen LogP contribution < -0.4 is 19.1 Å². The number of ether oxygens (including phenoxy) is 2. The minimum Gasteiger partial charge on any atom is -0.486 e. The molecule has 1 aliphatic heterocycles. The summed E-state index contributed by atoms with van der Waals surface area (Å²) in [4.78, 5) is 28.1. The number of nitrogens with zero attached hydrogens (tertiary/aromatic N) is 2. The van der Waals surface area contributed by atoms with E-state index in [1.54, 1.807) is 49.4 Å². The number of carbonyl (C=O) groups excluding carboxylic acids is 2. The average molecular weight is 552 g/mol. The Hall–Kier alpha value is -2.98. The van der Waals surface area contributed by atoms with E-state index in [0.29, 0.717) is 35.3 Å². The number of fused-ring (bicyclic) bond motifs is 1. The van der Waals surface area contributed by atoms with Crippen LogP contribution in [0.1, 0.15) is 39.7 Å². The molecule has 37 heavy (non-hydrogen) atoms. The van der Waals surface area contributed by atoms with Crippen molar-refractivity contribution in [3.05, 3.63) is 53.1 Å². The van der Waals surface area contributed by atoms with Crippen molar-refractivity contribution in [3.63, 3.8) is 0 Å². The second-order valence-corrected chi connectivity index (χ2v) is 11.4. The topological polar surface area (TPSA) is 105 Å². The first-order valence-electron chi connectivity index (χ1n) is 12.3. The molecule has 1 N–H and O–H groups in total. The molecule has 2 aromatic rings. The fourth-order valence-corrected chi connectivity index (χ4v) is 5.01. The van der Waals surface area contributed by atoms with Gasteiger partial charge in [0.05, 0.1) is 11.4 Å². The highest BCUT2D eigenvalue weighted by Gasteiger charge is 2.32. The molecule has 3 rings (SSSR count). The van der Waals surface area contributed by atoms with Crippen molar-refractivity contribution in [3.8, 4) is 11.5 Å². The summed E-state index contributed by atoms with van der Waals surface area (Å²) in [7, 11) is -3.86. The molecule has 1 aliphatic rings. The number of carbonyl (C=O) groups is 2. The van der Waals surface area contributed by atoms with Gasteiger partial charge in [0.2, 0.25) is 21.8 Å². The van der Waals surface area contributed by atoms with Gasteiger partial charge < -0.3 is 19.7 Å². The van der Waals surface area contributed by atoms with E-state index in [1.165, 1.54) is 11.8 Å². The summed E-state index contributed by atoms with van der Waals surface area (Å²) < 4.78 is 38.4. The highest BCUT2D eigenvalue weighted by Crippen LogP contribution is 2.35. The highest BCUT2D eigenvalue weighted by molar-refractivity contribution is 7.92. The molecule has 2 aromatic carbocycles. The standard InChI is InChI=1S/C26H34ClN3O6S/c1-5-18(3)28-26(32)19(4)29(16-20-9-7-8-10-22(20)27)25(31)17-30(37(33,34)6-2)21-11-12-23-24(15-21)36-14-13-35-23/h7-12,15,18-19H,5-6,13-14,16-17H2,1-4H3,(H,28,32)/t18-,19+/m1/s1. The first-order chi connectivity index (χ1) is 17.6. The predicted octanol–water partition coefficient (Wildman–Crippen LogP) is 3.60. The number of hydrogen-bond acceptors (Lipinski definition) is 6. The normalized spacial score (nSPS) is 14.4. The van der Waals surface area contributed by atoms with Gasteiger partial charge in [-0.15, -0.1) is 0 Å². The van der Waals surface area contributed by atoms with Crippen LogP contribution in [0.2, 0.25) is 5.02 Å². The van der Waals surface area contributed by atoms with Crippen molar-refractivity contribution >= 4 is 39.1 Å². The van der Waals surface area contributed by atoms with Crippen molar-refractivity contribution in [2.45, 2.75) is 52.7 Å². The van der Waals surface area contributed by atoms with Gasteiger partial charge >= 0.3 is 0 Å². The fraction of sp³-hybridized carbons (Fsp3) is 0.462. The third-order valence-electron chi connectivity index (χ3n) is 6.26. The summed E-state index contributed by atoms with van der Waals surface area (Å²) in [6, 6.07) is 10.8. The quantitative estimate of drug-likeness (QED) is 0.457. The van der Waals surface area contributed by atoms with Crippen molar-refractivity contribution < 1.29 is 27.5 Å². The van der Waals surface area contributed by atoms with Crippen LogP contribution in [-0.2, 0) is 26.2 Å². The zero-order valence-electron chi connectivity index (χ0n) is 21.6. The maximum Gasteiger partial charge on any atom is 0.244 e. The monoisotopic (exact) mass is 551 g/mol. The number of halogens is 1. The van der Waals surface area contributed by atoms with Gasteiger partial charge in [-0.25, -0.2) is 8.42 Å². The molecule has 2 atom stereocenters. The van der Waals surface area contributed by atoms with Crippen molar-refractivity contribution in [1.82, 2.24) is 10.2 Å². The van der Waals surface area contributed by atoms with Gasteiger partial charge in [0.1, 0.15) is 25.8 Å². The van der Waals surface area contributed by atoms with Crippen LogP contribution in [0.4, 0.5) is 5.69 Å². The minimum atomic E-state index is -3.86. The van der Waals surface area contributed by atoms with E-state index in [4.69, 9.17) is 21.1 Å². The number of hydrogen-bond donors (Lipinski definition) is 1. The molecule has 2 amide bonds. The molecule has 0 aliphatic carbocycles. The van der Waals surface area contributed by atoms with E-state index in [9.17, 15) is 18.0 Å². The smallest absolute Gasteiger partial charge is 0.244 e. The molecule has 0 aromatic heterocycles. The molecular formula is C26H34ClN3O6S. The molecule has 0 spiro atoms. The zero-order chi connectivity index (χ0) is 27.2. The fourth-order valence-electron chi connectivity index (χ4n) is 3.77. The van der Waals surface area contributed by atoms with Gasteiger partial charge in [-0.2, -0.15) is 0 Å². The Balaban J connectivity index is 1.95. The Morgan fingerprint density at radius 1 is 1.05 bits per heavy atom. The van der Waals surface area contributed by atoms with Crippen LogP contribution in [0, 0.1) is 0 Å². The molecule has 0 saturated heterocycles. The molecular weight excluding hydrogens is 518 g/mol. The molecule has 11 heteroatoms. The number of benzene rings is 2. The molecule has 0 bridgehead atoms. The van der Waals surface area contributed by atoms with Gasteiger partial charge in [-0.3, -0.25) is 13.9 Å². The SMILES string of the molecule is CC[C@@H](C)NC(=O)[C@H](C)N(Cc1ccccc1Cl)C(=O)CN(c1ccc2c(c1)OCCO2)S(=O)(=O)CC. The molecule has 9 nitrogen and oxygen atoms in total. The van der Waals surface area contributed by atoms with Crippen molar-refractivity contribution in [1.29, 1.82) is 0 Å². The third kappa shape index (κ3) is 7.07. The molecule has 0 unspecified atom stereocenters. The summed E-state index contributed by atoms with van der Waals surface area (Å²) in [5.41, 5.74) is 0.916. The Kier molecular flexibility index (Phi) is 9.67. The Bertz CT molecular complexity index is 1220. The lowest BCUT2D eigenvalue weighted by molar-refractivity contribution is -0.139. The molecule has 0 radical (unpaired) electrons. The lowest BCUT2D eigenvalue weighted by Gasteiger charge is -2.32. The van der Waals surface area contributed by atoms with Crippen LogP contribution in [0.5, 0.6) is 11.5 Å². The first kappa shape index (κ1) is 28.6. The van der Waals surface area contributed by atoms with E-state index in [1.807, 2.05) is 13.8 Å². The lowest BCUT2D eigenvalue weighted by atomic mass is 10.1. The van der Waals surface area contributed by atoms with E-state index in [2.05, 4.69) is 5.32 Å². The number of sulfonamides is 1. The predicted molar refractivity (Wildman–Crippen MR) is 144 cm³/mol. The van der Waals surface area contributed by atoms with Crippen LogP contribution in [0.25, 0.3) is 0 Å².